The summed E-state index contributed by atoms with van der Waals surface area (Å²) >= 11 is 5.91. The number of hydrogen-bond acceptors (Lipinski definition) is 3. The Hall–Kier alpha value is -1.95. The van der Waals surface area contributed by atoms with Gasteiger partial charge in [-0.1, -0.05) is 23.7 Å². The predicted octanol–water partition coefficient (Wildman–Crippen LogP) is 3.06. The van der Waals surface area contributed by atoms with Crippen molar-refractivity contribution < 1.29 is 9.53 Å². The molecule has 1 aliphatic heterocycles. The average Bonchev–Trinajstić information content (AvgIpc) is 2.64. The fourth-order valence-electron chi connectivity index (χ4n) is 2.88. The summed E-state index contributed by atoms with van der Waals surface area (Å²) in [7, 11) is 0. The van der Waals surface area contributed by atoms with Crippen molar-refractivity contribution in [1.29, 1.82) is 0 Å². The molecule has 0 bridgehead atoms. The molecule has 2 N–H and O–H groups in total. The first-order valence-electron chi connectivity index (χ1n) is 9.33. The molecular formula is C19H29ClN4O2. The SMILES string of the molecule is CCNC(=NCCc1ccc(Cl)cc1)NC1CCN(C(=O)OCC)CC1. The maximum Gasteiger partial charge on any atom is 0.409 e. The molecule has 1 aromatic carbocycles. The van der Waals surface area contributed by atoms with Crippen molar-refractivity contribution >= 4 is 23.7 Å². The van der Waals surface area contributed by atoms with Gasteiger partial charge in [-0.25, -0.2) is 4.79 Å². The smallest absolute Gasteiger partial charge is 0.409 e. The Balaban J connectivity index is 1.80. The number of rotatable bonds is 6. The summed E-state index contributed by atoms with van der Waals surface area (Å²) < 4.78 is 5.06. The lowest BCUT2D eigenvalue weighted by Gasteiger charge is -2.32. The topological polar surface area (TPSA) is 66.0 Å². The summed E-state index contributed by atoms with van der Waals surface area (Å²) in [5.41, 5.74) is 1.22. The van der Waals surface area contributed by atoms with Gasteiger partial charge in [0.1, 0.15) is 0 Å². The second-order valence-electron chi connectivity index (χ2n) is 6.24. The number of likely N-dealkylation sites (tertiary alicyclic amines) is 1. The molecule has 1 fully saturated rings. The Morgan fingerprint density at radius 1 is 1.27 bits per heavy atom. The van der Waals surface area contributed by atoms with Crippen LogP contribution >= 0.6 is 11.6 Å². The van der Waals surface area contributed by atoms with Gasteiger partial charge in [-0.15, -0.1) is 0 Å². The van der Waals surface area contributed by atoms with Gasteiger partial charge >= 0.3 is 6.09 Å². The summed E-state index contributed by atoms with van der Waals surface area (Å²) in [6.07, 6.45) is 2.44. The van der Waals surface area contributed by atoms with Crippen LogP contribution in [0.3, 0.4) is 0 Å². The second kappa shape index (κ2) is 10.9. The number of nitrogens with one attached hydrogen (secondary N) is 2. The molecule has 1 aliphatic rings. The Morgan fingerprint density at radius 3 is 2.58 bits per heavy atom. The number of halogens is 1. The number of carbonyl (C=O) groups is 1. The highest BCUT2D eigenvalue weighted by Gasteiger charge is 2.23. The van der Waals surface area contributed by atoms with Crippen LogP contribution in [0.15, 0.2) is 29.3 Å². The second-order valence-corrected chi connectivity index (χ2v) is 6.68. The molecule has 0 saturated carbocycles. The van der Waals surface area contributed by atoms with E-state index in [1.807, 2.05) is 31.2 Å². The van der Waals surface area contributed by atoms with E-state index in [4.69, 9.17) is 16.3 Å². The Morgan fingerprint density at radius 2 is 1.96 bits per heavy atom. The molecule has 1 amide bonds. The molecule has 0 unspecified atom stereocenters. The first-order valence-corrected chi connectivity index (χ1v) is 9.71. The van der Waals surface area contributed by atoms with E-state index in [9.17, 15) is 4.79 Å². The van der Waals surface area contributed by atoms with E-state index in [0.29, 0.717) is 32.3 Å². The lowest BCUT2D eigenvalue weighted by molar-refractivity contribution is 0.0963. The average molecular weight is 381 g/mol. The lowest BCUT2D eigenvalue weighted by atomic mass is 10.1. The number of hydrogen-bond donors (Lipinski definition) is 2. The van der Waals surface area contributed by atoms with Crippen LogP contribution in [0.25, 0.3) is 0 Å². The molecule has 0 atom stereocenters. The van der Waals surface area contributed by atoms with Gasteiger partial charge < -0.3 is 20.3 Å². The zero-order valence-electron chi connectivity index (χ0n) is 15.6. The van der Waals surface area contributed by atoms with Gasteiger partial charge in [-0.2, -0.15) is 0 Å². The van der Waals surface area contributed by atoms with Crippen molar-refractivity contribution in [2.24, 2.45) is 4.99 Å². The molecule has 1 saturated heterocycles. The van der Waals surface area contributed by atoms with E-state index < -0.39 is 0 Å². The van der Waals surface area contributed by atoms with E-state index in [2.05, 4.69) is 22.5 Å². The van der Waals surface area contributed by atoms with Gasteiger partial charge in [0.2, 0.25) is 0 Å². The third-order valence-corrected chi connectivity index (χ3v) is 4.54. The molecule has 0 radical (unpaired) electrons. The Kier molecular flexibility index (Phi) is 8.54. The summed E-state index contributed by atoms with van der Waals surface area (Å²) in [5.74, 6) is 0.830. The van der Waals surface area contributed by atoms with E-state index in [1.165, 1.54) is 5.56 Å². The minimum Gasteiger partial charge on any atom is -0.450 e. The fraction of sp³-hybridized carbons (Fsp3) is 0.579. The van der Waals surface area contributed by atoms with Crippen LogP contribution in [-0.4, -0.2) is 55.8 Å². The molecule has 2 rings (SSSR count). The van der Waals surface area contributed by atoms with Gasteiger partial charge in [-0.3, -0.25) is 4.99 Å². The highest BCUT2D eigenvalue weighted by Crippen LogP contribution is 2.12. The minimum atomic E-state index is -0.213. The molecule has 26 heavy (non-hydrogen) atoms. The van der Waals surface area contributed by atoms with Gasteiger partial charge in [0, 0.05) is 37.2 Å². The number of carbonyl (C=O) groups excluding carboxylic acids is 1. The molecule has 1 heterocycles. The van der Waals surface area contributed by atoms with E-state index >= 15 is 0 Å². The zero-order chi connectivity index (χ0) is 18.8. The number of ether oxygens (including phenoxy) is 1. The third-order valence-electron chi connectivity index (χ3n) is 4.29. The predicted molar refractivity (Wildman–Crippen MR) is 106 cm³/mol. The van der Waals surface area contributed by atoms with Crippen LogP contribution in [0.1, 0.15) is 32.3 Å². The molecule has 0 spiro atoms. The van der Waals surface area contributed by atoms with E-state index in [0.717, 1.165) is 36.8 Å². The van der Waals surface area contributed by atoms with Crippen LogP contribution < -0.4 is 10.6 Å². The molecule has 6 nitrogen and oxygen atoms in total. The summed E-state index contributed by atoms with van der Waals surface area (Å²) in [4.78, 5) is 18.2. The molecule has 7 heteroatoms. The molecular weight excluding hydrogens is 352 g/mol. The maximum absolute atomic E-state index is 11.8. The van der Waals surface area contributed by atoms with Crippen LogP contribution in [0.2, 0.25) is 5.02 Å². The molecule has 144 valence electrons. The van der Waals surface area contributed by atoms with Gasteiger partial charge in [-0.05, 0) is 50.8 Å². The van der Waals surface area contributed by atoms with E-state index in [-0.39, 0.29) is 6.09 Å². The molecule has 0 aromatic heterocycles. The van der Waals surface area contributed by atoms with Crippen molar-refractivity contribution in [2.45, 2.75) is 39.2 Å². The first-order chi connectivity index (χ1) is 12.6. The maximum atomic E-state index is 11.8. The largest absolute Gasteiger partial charge is 0.450 e. The Bertz CT molecular complexity index is 584. The van der Waals surface area contributed by atoms with Gasteiger partial charge in [0.05, 0.1) is 6.61 Å². The highest BCUT2D eigenvalue weighted by atomic mass is 35.5. The number of benzene rings is 1. The summed E-state index contributed by atoms with van der Waals surface area (Å²) in [6, 6.07) is 8.18. The zero-order valence-corrected chi connectivity index (χ0v) is 16.4. The minimum absolute atomic E-state index is 0.213. The van der Waals surface area contributed by atoms with Crippen molar-refractivity contribution in [3.63, 3.8) is 0 Å². The quantitative estimate of drug-likeness (QED) is 0.588. The van der Waals surface area contributed by atoms with Crippen LogP contribution in [0.4, 0.5) is 4.79 Å². The number of piperidine rings is 1. The standard InChI is InChI=1S/C19H29ClN4O2/c1-3-21-18(22-12-9-15-5-7-16(20)8-6-15)23-17-10-13-24(14-11-17)19(25)26-4-2/h5-8,17H,3-4,9-14H2,1-2H3,(H2,21,22,23). The van der Waals surface area contributed by atoms with Crippen LogP contribution in [-0.2, 0) is 11.2 Å². The summed E-state index contributed by atoms with van der Waals surface area (Å²) in [6.45, 7) is 7.24. The van der Waals surface area contributed by atoms with E-state index in [1.54, 1.807) is 4.90 Å². The van der Waals surface area contributed by atoms with Gasteiger partial charge in [0.25, 0.3) is 0 Å². The van der Waals surface area contributed by atoms with Gasteiger partial charge in [0.15, 0.2) is 5.96 Å². The number of aliphatic imine (C=N–C) groups is 1. The molecule has 1 aromatic rings. The van der Waals surface area contributed by atoms with Crippen molar-refractivity contribution in [3.05, 3.63) is 34.9 Å². The normalized spacial score (nSPS) is 15.7. The number of amides is 1. The van der Waals surface area contributed by atoms with Crippen molar-refractivity contribution in [2.75, 3.05) is 32.8 Å². The van der Waals surface area contributed by atoms with Crippen molar-refractivity contribution in [3.8, 4) is 0 Å². The third kappa shape index (κ3) is 6.75. The number of nitrogens with zero attached hydrogens (tertiary/aromatic N) is 2. The fourth-order valence-corrected chi connectivity index (χ4v) is 3.01. The lowest BCUT2D eigenvalue weighted by Crippen LogP contribution is -2.50. The van der Waals surface area contributed by atoms with Crippen LogP contribution in [0.5, 0.6) is 0 Å². The summed E-state index contributed by atoms with van der Waals surface area (Å²) in [5, 5.41) is 7.53. The van der Waals surface area contributed by atoms with Crippen molar-refractivity contribution in [1.82, 2.24) is 15.5 Å². The Labute approximate surface area is 161 Å². The first kappa shape index (κ1) is 20.4. The highest BCUT2D eigenvalue weighted by molar-refractivity contribution is 6.30. The monoisotopic (exact) mass is 380 g/mol. The van der Waals surface area contributed by atoms with Crippen LogP contribution in [0, 0.1) is 0 Å². The number of guanidine groups is 1. The molecule has 0 aliphatic carbocycles.